The Balaban J connectivity index is 2.87. The molecule has 0 heterocycles. The van der Waals surface area contributed by atoms with Crippen molar-refractivity contribution < 1.29 is 18.9 Å². The van der Waals surface area contributed by atoms with Gasteiger partial charge in [-0.25, -0.2) is 0 Å². The fourth-order valence-electron chi connectivity index (χ4n) is 4.21. The first-order valence-corrected chi connectivity index (χ1v) is 12.4. The third-order valence-corrected chi connectivity index (χ3v) is 6.24. The van der Waals surface area contributed by atoms with Crippen LogP contribution in [0.1, 0.15) is 80.8 Å². The number of benzene rings is 2. The van der Waals surface area contributed by atoms with E-state index in [-0.39, 0.29) is 30.3 Å². The van der Waals surface area contributed by atoms with Crippen LogP contribution in [0.4, 0.5) is 0 Å². The fraction of sp³-hybridized carbons (Fsp3) is 0.571. The number of rotatable bonds is 9. The third-order valence-electron chi connectivity index (χ3n) is 5.77. The van der Waals surface area contributed by atoms with E-state index in [1.54, 1.807) is 14.2 Å². The molecule has 0 aliphatic heterocycles. The lowest BCUT2D eigenvalue weighted by atomic mass is 9.78. The van der Waals surface area contributed by atoms with E-state index in [9.17, 15) is 0 Å². The van der Waals surface area contributed by atoms with Crippen molar-refractivity contribution in [2.75, 3.05) is 34.0 Å². The summed E-state index contributed by atoms with van der Waals surface area (Å²) >= 11 is 0. The third kappa shape index (κ3) is 6.72. The Morgan fingerprint density at radius 3 is 1.33 bits per heavy atom. The van der Waals surface area contributed by atoms with Crippen LogP contribution in [0.3, 0.4) is 0 Å². The Morgan fingerprint density at radius 2 is 1.06 bits per heavy atom. The Morgan fingerprint density at radius 1 is 0.697 bits per heavy atom. The lowest BCUT2D eigenvalue weighted by molar-refractivity contribution is 0.0481. The SMILES string of the molecule is COCOc1c(C(CP)c2cc(C)cc(C(C)(C)C)c2OCOC)cc(C)cc1C(C)(C)C. The molecule has 0 spiro atoms. The maximum Gasteiger partial charge on any atom is 0.188 e. The summed E-state index contributed by atoms with van der Waals surface area (Å²) in [5.41, 5.74) is 6.95. The molecule has 2 aromatic rings. The van der Waals surface area contributed by atoms with Gasteiger partial charge in [0.15, 0.2) is 13.6 Å². The average molecular weight is 475 g/mol. The molecule has 0 N–H and O–H groups in total. The normalized spacial score (nSPS) is 12.4. The predicted molar refractivity (Wildman–Crippen MR) is 141 cm³/mol. The van der Waals surface area contributed by atoms with Crippen LogP contribution in [0.5, 0.6) is 11.5 Å². The van der Waals surface area contributed by atoms with E-state index in [4.69, 9.17) is 18.9 Å². The van der Waals surface area contributed by atoms with Gasteiger partial charge in [-0.05, 0) is 30.8 Å². The largest absolute Gasteiger partial charge is 0.467 e. The number of methoxy groups -OCH3 is 2. The van der Waals surface area contributed by atoms with Crippen LogP contribution in [-0.2, 0) is 20.3 Å². The molecule has 0 aromatic heterocycles. The zero-order chi connectivity index (χ0) is 25.0. The van der Waals surface area contributed by atoms with E-state index in [0.29, 0.717) is 0 Å². The van der Waals surface area contributed by atoms with Gasteiger partial charge in [0.05, 0.1) is 0 Å². The van der Waals surface area contributed by atoms with Crippen molar-refractivity contribution in [2.45, 2.75) is 72.1 Å². The second-order valence-electron chi connectivity index (χ2n) is 10.9. The molecule has 2 rings (SSSR count). The van der Waals surface area contributed by atoms with E-state index in [0.717, 1.165) is 28.8 Å². The minimum absolute atomic E-state index is 0.0655. The Kier molecular flexibility index (Phi) is 9.39. The average Bonchev–Trinajstić information content (AvgIpc) is 2.70. The summed E-state index contributed by atoms with van der Waals surface area (Å²) in [5.74, 6) is 1.87. The molecule has 0 aliphatic rings. The van der Waals surface area contributed by atoms with Crippen LogP contribution in [0.2, 0.25) is 0 Å². The molecular formula is C28H43O4P. The highest BCUT2D eigenvalue weighted by Gasteiger charge is 2.30. The topological polar surface area (TPSA) is 36.9 Å². The zero-order valence-electron chi connectivity index (χ0n) is 22.2. The van der Waals surface area contributed by atoms with Gasteiger partial charge in [-0.15, -0.1) is 9.24 Å². The van der Waals surface area contributed by atoms with Crippen LogP contribution in [0.15, 0.2) is 24.3 Å². The van der Waals surface area contributed by atoms with Gasteiger partial charge in [-0.1, -0.05) is 76.9 Å². The first-order chi connectivity index (χ1) is 15.3. The molecule has 4 nitrogen and oxygen atoms in total. The number of ether oxygens (including phenoxy) is 4. The fourth-order valence-corrected chi connectivity index (χ4v) is 4.72. The first-order valence-electron chi connectivity index (χ1n) is 11.6. The lowest BCUT2D eigenvalue weighted by Crippen LogP contribution is -2.20. The molecular weight excluding hydrogens is 431 g/mol. The van der Waals surface area contributed by atoms with E-state index < -0.39 is 0 Å². The van der Waals surface area contributed by atoms with Gasteiger partial charge in [0.25, 0.3) is 0 Å². The molecule has 0 aliphatic carbocycles. The van der Waals surface area contributed by atoms with Crippen molar-refractivity contribution in [1.82, 2.24) is 0 Å². The maximum absolute atomic E-state index is 6.26. The highest BCUT2D eigenvalue weighted by atomic mass is 31.0. The van der Waals surface area contributed by atoms with Crippen LogP contribution in [0.25, 0.3) is 0 Å². The van der Waals surface area contributed by atoms with E-state index in [1.165, 1.54) is 22.3 Å². The van der Waals surface area contributed by atoms with Crippen molar-refractivity contribution in [1.29, 1.82) is 0 Å². The summed E-state index contributed by atoms with van der Waals surface area (Å²) in [6.07, 6.45) is 0.826. The minimum atomic E-state index is -0.0756. The molecule has 0 radical (unpaired) electrons. The van der Waals surface area contributed by atoms with E-state index in [1.807, 2.05) is 0 Å². The van der Waals surface area contributed by atoms with Crippen molar-refractivity contribution in [3.63, 3.8) is 0 Å². The Hall–Kier alpha value is -1.61. The summed E-state index contributed by atoms with van der Waals surface area (Å²) in [6.45, 7) is 18.0. The van der Waals surface area contributed by atoms with Crippen LogP contribution < -0.4 is 9.47 Å². The van der Waals surface area contributed by atoms with Crippen molar-refractivity contribution in [3.8, 4) is 11.5 Å². The van der Waals surface area contributed by atoms with Crippen molar-refractivity contribution in [2.24, 2.45) is 0 Å². The number of hydrogen-bond acceptors (Lipinski definition) is 4. The molecule has 33 heavy (non-hydrogen) atoms. The molecule has 184 valence electrons. The highest BCUT2D eigenvalue weighted by Crippen LogP contribution is 2.46. The summed E-state index contributed by atoms with van der Waals surface area (Å²) in [5, 5.41) is 0. The Labute approximate surface area is 203 Å². The number of aryl methyl sites for hydroxylation is 2. The molecule has 0 amide bonds. The second-order valence-corrected chi connectivity index (χ2v) is 11.3. The standard InChI is InChI=1S/C28H43O4P/c1-18-11-20(25(31-16-29-9)23(13-18)27(3,4)5)22(15-33)21-12-19(2)14-24(28(6,7)8)26(21)32-17-30-10/h11-14,22H,15-17,33H2,1-10H3. The van der Waals surface area contributed by atoms with Crippen molar-refractivity contribution >= 4 is 9.24 Å². The molecule has 0 fully saturated rings. The Bertz CT molecular complexity index is 863. The molecule has 1 unspecified atom stereocenters. The van der Waals surface area contributed by atoms with Gasteiger partial charge in [-0.2, -0.15) is 0 Å². The second kappa shape index (κ2) is 11.2. The molecule has 0 bridgehead atoms. The lowest BCUT2D eigenvalue weighted by Gasteiger charge is -2.31. The van der Waals surface area contributed by atoms with Crippen LogP contribution in [0, 0.1) is 13.8 Å². The monoisotopic (exact) mass is 474 g/mol. The van der Waals surface area contributed by atoms with Gasteiger partial charge >= 0.3 is 0 Å². The minimum Gasteiger partial charge on any atom is -0.467 e. The van der Waals surface area contributed by atoms with Crippen LogP contribution in [-0.4, -0.2) is 34.0 Å². The van der Waals surface area contributed by atoms with E-state index in [2.05, 4.69) is 88.9 Å². The molecule has 5 heteroatoms. The van der Waals surface area contributed by atoms with Gasteiger partial charge in [0.2, 0.25) is 0 Å². The summed E-state index contributed by atoms with van der Waals surface area (Å²) < 4.78 is 23.1. The first kappa shape index (κ1) is 27.6. The maximum atomic E-state index is 6.26. The predicted octanol–water partition coefficient (Wildman–Crippen LogP) is 6.87. The summed E-state index contributed by atoms with van der Waals surface area (Å²) in [4.78, 5) is 0. The van der Waals surface area contributed by atoms with Crippen molar-refractivity contribution in [3.05, 3.63) is 57.6 Å². The van der Waals surface area contributed by atoms with Gasteiger partial charge in [0, 0.05) is 42.4 Å². The quantitative estimate of drug-likeness (QED) is 0.294. The molecule has 2 aromatic carbocycles. The van der Waals surface area contributed by atoms with Gasteiger partial charge in [0.1, 0.15) is 11.5 Å². The smallest absolute Gasteiger partial charge is 0.188 e. The number of hydrogen-bond donors (Lipinski definition) is 0. The highest BCUT2D eigenvalue weighted by molar-refractivity contribution is 7.16. The molecule has 1 atom stereocenters. The van der Waals surface area contributed by atoms with Gasteiger partial charge in [-0.3, -0.25) is 0 Å². The molecule has 0 saturated carbocycles. The van der Waals surface area contributed by atoms with Crippen LogP contribution >= 0.6 is 9.24 Å². The zero-order valence-corrected chi connectivity index (χ0v) is 23.4. The summed E-state index contributed by atoms with van der Waals surface area (Å²) in [6, 6.07) is 8.95. The summed E-state index contributed by atoms with van der Waals surface area (Å²) in [7, 11) is 6.25. The molecule has 0 saturated heterocycles. The van der Waals surface area contributed by atoms with Gasteiger partial charge < -0.3 is 18.9 Å². The van der Waals surface area contributed by atoms with E-state index >= 15 is 0 Å².